The Labute approximate surface area is 260 Å². The number of hydrogen-bond acceptors (Lipinski definition) is 6. The summed E-state index contributed by atoms with van der Waals surface area (Å²) in [6, 6.07) is 28.6. The van der Waals surface area contributed by atoms with Crippen molar-refractivity contribution in [1.82, 2.24) is 0 Å². The summed E-state index contributed by atoms with van der Waals surface area (Å²) < 4.78 is 31.7. The molecule has 0 aromatic heterocycles. The van der Waals surface area contributed by atoms with Gasteiger partial charge in [-0.3, -0.25) is 4.79 Å². The molecule has 6 nitrogen and oxygen atoms in total. The first kappa shape index (κ1) is 30.1. The number of carbonyl (C=O) groups is 1. The van der Waals surface area contributed by atoms with Gasteiger partial charge < -0.3 is 23.4 Å². The van der Waals surface area contributed by atoms with Crippen LogP contribution >= 0.6 is 11.6 Å². The lowest BCUT2D eigenvalue weighted by atomic mass is 9.91. The predicted molar refractivity (Wildman–Crippen MR) is 169 cm³/mol. The first-order valence-corrected chi connectivity index (χ1v) is 17.3. The van der Waals surface area contributed by atoms with Gasteiger partial charge in [-0.2, -0.15) is 0 Å². The third-order valence-corrected chi connectivity index (χ3v) is 14.2. The molecule has 43 heavy (non-hydrogen) atoms. The average molecular weight is 619 g/mol. The molecular weight excluding hydrogens is 580 g/mol. The summed E-state index contributed by atoms with van der Waals surface area (Å²) >= 11 is 6.17. The van der Waals surface area contributed by atoms with E-state index >= 15 is 0 Å². The first-order chi connectivity index (χ1) is 20.7. The summed E-state index contributed by atoms with van der Waals surface area (Å²) in [7, 11) is -2.84. The van der Waals surface area contributed by atoms with Gasteiger partial charge in [0, 0.05) is 23.3 Å². The molecule has 0 bridgehead atoms. The van der Waals surface area contributed by atoms with Crippen LogP contribution in [0.4, 0.5) is 0 Å². The van der Waals surface area contributed by atoms with E-state index in [1.807, 2.05) is 30.3 Å². The molecule has 2 aliphatic heterocycles. The standard InChI is InChI=1S/C35H39ClO6Si/c1-34(2,3)43(27-13-6-4-7-14-27,28-15-8-5-9-16-28)42-32-23-31-30(22-33(37)41-31)29(32)17-18-35(39-19-20-40-35)24-38-26-12-10-11-25(36)21-26/h4-18,21,29-32H,19-20,22-24H2,1-3H3/t29-,30-,31+,32-/m1/s1. The van der Waals surface area contributed by atoms with E-state index in [0.717, 1.165) is 0 Å². The van der Waals surface area contributed by atoms with Crippen molar-refractivity contribution in [3.63, 3.8) is 0 Å². The Morgan fingerprint density at radius 3 is 2.21 bits per heavy atom. The molecule has 8 heteroatoms. The number of ether oxygens (including phenoxy) is 4. The molecule has 0 spiro atoms. The van der Waals surface area contributed by atoms with E-state index in [4.69, 9.17) is 35.0 Å². The molecule has 0 amide bonds. The normalized spacial score (nSPS) is 25.2. The molecule has 4 atom stereocenters. The number of hydrogen-bond donors (Lipinski definition) is 0. The molecule has 2 heterocycles. The molecule has 6 rings (SSSR count). The van der Waals surface area contributed by atoms with Crippen LogP contribution < -0.4 is 15.1 Å². The molecule has 1 aliphatic carbocycles. The molecule has 2 saturated heterocycles. The summed E-state index contributed by atoms with van der Waals surface area (Å²) in [5, 5.41) is 2.86. The lowest BCUT2D eigenvalue weighted by molar-refractivity contribution is -0.141. The highest BCUT2D eigenvalue weighted by Crippen LogP contribution is 2.47. The zero-order chi connectivity index (χ0) is 30.1. The Hall–Kier alpha value is -2.94. The van der Waals surface area contributed by atoms with Gasteiger partial charge in [-0.05, 0) is 39.7 Å². The van der Waals surface area contributed by atoms with Crippen molar-refractivity contribution in [2.24, 2.45) is 11.8 Å². The van der Waals surface area contributed by atoms with E-state index in [-0.39, 0.29) is 41.7 Å². The lowest BCUT2D eigenvalue weighted by Crippen LogP contribution is -2.68. The predicted octanol–water partition coefficient (Wildman–Crippen LogP) is 5.91. The summed E-state index contributed by atoms with van der Waals surface area (Å²) in [6.07, 6.45) is 4.74. The van der Waals surface area contributed by atoms with Crippen molar-refractivity contribution in [1.29, 1.82) is 0 Å². The minimum atomic E-state index is -2.84. The Bertz CT molecular complexity index is 1390. The molecule has 0 unspecified atom stereocenters. The van der Waals surface area contributed by atoms with Crippen LogP contribution in [0.3, 0.4) is 0 Å². The molecule has 3 fully saturated rings. The fraction of sp³-hybridized carbons (Fsp3) is 0.400. The molecule has 0 radical (unpaired) electrons. The second-order valence-electron chi connectivity index (χ2n) is 12.6. The quantitative estimate of drug-likeness (QED) is 0.169. The first-order valence-electron chi connectivity index (χ1n) is 15.0. The Morgan fingerprint density at radius 1 is 0.953 bits per heavy atom. The maximum absolute atomic E-state index is 12.4. The monoisotopic (exact) mass is 618 g/mol. The van der Waals surface area contributed by atoms with Gasteiger partial charge in [0.05, 0.1) is 25.7 Å². The van der Waals surface area contributed by atoms with E-state index in [1.165, 1.54) is 10.4 Å². The van der Waals surface area contributed by atoms with Crippen molar-refractivity contribution in [2.75, 3.05) is 19.8 Å². The third-order valence-electron chi connectivity index (χ3n) is 8.88. The second kappa shape index (κ2) is 12.2. The Morgan fingerprint density at radius 2 is 1.60 bits per heavy atom. The number of esters is 1. The van der Waals surface area contributed by atoms with Gasteiger partial charge in [-0.25, -0.2) is 0 Å². The van der Waals surface area contributed by atoms with Crippen LogP contribution in [0.25, 0.3) is 0 Å². The highest BCUT2D eigenvalue weighted by Gasteiger charge is 2.57. The van der Waals surface area contributed by atoms with Gasteiger partial charge in [0.1, 0.15) is 18.5 Å². The topological polar surface area (TPSA) is 63.2 Å². The third kappa shape index (κ3) is 6.06. The number of halogens is 1. The molecular formula is C35H39ClO6Si. The van der Waals surface area contributed by atoms with Crippen LogP contribution in [0.1, 0.15) is 33.6 Å². The van der Waals surface area contributed by atoms with Crippen LogP contribution in [0.2, 0.25) is 10.1 Å². The average Bonchev–Trinajstić information content (AvgIpc) is 3.69. The molecule has 3 aromatic carbocycles. The maximum Gasteiger partial charge on any atom is 0.306 e. The molecule has 3 aromatic rings. The van der Waals surface area contributed by atoms with Gasteiger partial charge >= 0.3 is 5.97 Å². The molecule has 226 valence electrons. The molecule has 3 aliphatic rings. The zero-order valence-corrected chi connectivity index (χ0v) is 26.7. The van der Waals surface area contributed by atoms with Gasteiger partial charge in [-0.1, -0.05) is 105 Å². The number of benzene rings is 3. The zero-order valence-electron chi connectivity index (χ0n) is 24.9. The van der Waals surface area contributed by atoms with E-state index in [9.17, 15) is 4.79 Å². The molecule has 1 saturated carbocycles. The number of rotatable bonds is 9. The second-order valence-corrected chi connectivity index (χ2v) is 17.3. The lowest BCUT2D eigenvalue weighted by Gasteiger charge is -2.45. The SMILES string of the molecule is CC(C)(C)[Si](O[C@@H]1C[C@@H]2OC(=O)C[C@@H]2[C@H]1C=CC1(COc2cccc(Cl)c2)OCCO1)(c1ccccc1)c1ccccc1. The fourth-order valence-electron chi connectivity index (χ4n) is 6.91. The van der Waals surface area contributed by atoms with Crippen molar-refractivity contribution in [2.45, 2.75) is 56.6 Å². The van der Waals surface area contributed by atoms with Crippen LogP contribution in [0.5, 0.6) is 5.75 Å². The van der Waals surface area contributed by atoms with Crippen LogP contribution in [-0.2, 0) is 23.4 Å². The Kier molecular flexibility index (Phi) is 8.55. The van der Waals surface area contributed by atoms with E-state index in [2.05, 4.69) is 75.4 Å². The van der Waals surface area contributed by atoms with Crippen LogP contribution in [0, 0.1) is 11.8 Å². The van der Waals surface area contributed by atoms with Gasteiger partial charge in [0.2, 0.25) is 5.79 Å². The minimum absolute atomic E-state index is 0.0132. The highest BCUT2D eigenvalue weighted by molar-refractivity contribution is 6.99. The summed E-state index contributed by atoms with van der Waals surface area (Å²) in [5.74, 6) is -0.618. The van der Waals surface area contributed by atoms with Crippen molar-refractivity contribution in [3.8, 4) is 5.75 Å². The van der Waals surface area contributed by atoms with Gasteiger partial charge in [-0.15, -0.1) is 0 Å². The van der Waals surface area contributed by atoms with Crippen molar-refractivity contribution < 1.29 is 28.2 Å². The van der Waals surface area contributed by atoms with Crippen LogP contribution in [0.15, 0.2) is 97.1 Å². The fourth-order valence-corrected chi connectivity index (χ4v) is 11.8. The largest absolute Gasteiger partial charge is 0.488 e. The summed E-state index contributed by atoms with van der Waals surface area (Å²) in [4.78, 5) is 12.4. The van der Waals surface area contributed by atoms with Crippen molar-refractivity contribution in [3.05, 3.63) is 102 Å². The van der Waals surface area contributed by atoms with Crippen LogP contribution in [-0.4, -0.2) is 52.1 Å². The summed E-state index contributed by atoms with van der Waals surface area (Å²) in [5.41, 5.74) is 0. The van der Waals surface area contributed by atoms with E-state index in [1.54, 1.807) is 12.1 Å². The maximum atomic E-state index is 12.4. The minimum Gasteiger partial charge on any atom is -0.488 e. The van der Waals surface area contributed by atoms with Gasteiger partial charge in [0.15, 0.2) is 0 Å². The molecule has 0 N–H and O–H groups in total. The van der Waals surface area contributed by atoms with Crippen molar-refractivity contribution >= 4 is 36.3 Å². The van der Waals surface area contributed by atoms with Gasteiger partial charge in [0.25, 0.3) is 8.32 Å². The Balaban J connectivity index is 1.35. The smallest absolute Gasteiger partial charge is 0.306 e. The number of carbonyl (C=O) groups excluding carboxylic acids is 1. The highest BCUT2D eigenvalue weighted by atomic mass is 35.5. The van der Waals surface area contributed by atoms with E-state index in [0.29, 0.717) is 36.8 Å². The number of fused-ring (bicyclic) bond motifs is 1. The summed E-state index contributed by atoms with van der Waals surface area (Å²) in [6.45, 7) is 7.93. The van der Waals surface area contributed by atoms with E-state index < -0.39 is 14.1 Å².